The van der Waals surface area contributed by atoms with Crippen LogP contribution in [0.25, 0.3) is 0 Å². The normalized spacial score (nSPS) is 11.4. The number of ether oxygens (including phenoxy) is 3. The molecule has 0 bridgehead atoms. The van der Waals surface area contributed by atoms with E-state index < -0.39 is 17.7 Å². The summed E-state index contributed by atoms with van der Waals surface area (Å²) in [6.07, 6.45) is 0. The summed E-state index contributed by atoms with van der Waals surface area (Å²) in [5, 5.41) is 2.71. The van der Waals surface area contributed by atoms with E-state index in [1.54, 1.807) is 43.3 Å². The van der Waals surface area contributed by atoms with Gasteiger partial charge in [0, 0.05) is 5.56 Å². The van der Waals surface area contributed by atoms with E-state index in [1.165, 1.54) is 21.3 Å². The average molecular weight is 357 g/mol. The molecule has 0 aromatic heterocycles. The first kappa shape index (κ1) is 19.3. The summed E-state index contributed by atoms with van der Waals surface area (Å²) in [7, 11) is 4.56. The van der Waals surface area contributed by atoms with Crippen LogP contribution in [-0.4, -0.2) is 33.0 Å². The number of hydrogen-bond donors (Lipinski definition) is 1. The zero-order valence-corrected chi connectivity index (χ0v) is 15.6. The van der Waals surface area contributed by atoms with Crippen molar-refractivity contribution < 1.29 is 23.8 Å². The van der Waals surface area contributed by atoms with Crippen LogP contribution in [0.5, 0.6) is 17.2 Å². The maximum Gasteiger partial charge on any atom is 0.292 e. The highest BCUT2D eigenvalue weighted by Crippen LogP contribution is 2.39. The SMILES string of the molecule is COc1cc(C(C)NC(=O)C(=O)c2ccc(C)cc2)cc(OC)c1OC. The molecule has 0 spiro atoms. The average Bonchev–Trinajstić information content (AvgIpc) is 2.66. The molecule has 1 N–H and O–H groups in total. The number of benzene rings is 2. The van der Waals surface area contributed by atoms with E-state index in [0.717, 1.165) is 11.1 Å². The Labute approximate surface area is 153 Å². The van der Waals surface area contributed by atoms with Crippen LogP contribution in [0.15, 0.2) is 36.4 Å². The van der Waals surface area contributed by atoms with E-state index in [0.29, 0.717) is 22.8 Å². The summed E-state index contributed by atoms with van der Waals surface area (Å²) >= 11 is 0. The van der Waals surface area contributed by atoms with Gasteiger partial charge in [-0.3, -0.25) is 9.59 Å². The molecule has 0 aliphatic carbocycles. The van der Waals surface area contributed by atoms with Crippen LogP contribution < -0.4 is 19.5 Å². The number of amides is 1. The van der Waals surface area contributed by atoms with Gasteiger partial charge in [0.05, 0.1) is 27.4 Å². The number of methoxy groups -OCH3 is 3. The summed E-state index contributed by atoms with van der Waals surface area (Å²) in [5.41, 5.74) is 2.10. The van der Waals surface area contributed by atoms with Gasteiger partial charge in [-0.05, 0) is 31.5 Å². The molecular weight excluding hydrogens is 334 g/mol. The molecule has 1 atom stereocenters. The van der Waals surface area contributed by atoms with Gasteiger partial charge in [0.15, 0.2) is 11.5 Å². The summed E-state index contributed by atoms with van der Waals surface area (Å²) in [4.78, 5) is 24.6. The topological polar surface area (TPSA) is 73.9 Å². The van der Waals surface area contributed by atoms with E-state index in [9.17, 15) is 9.59 Å². The Balaban J connectivity index is 2.21. The molecule has 2 aromatic carbocycles. The lowest BCUT2D eigenvalue weighted by Gasteiger charge is -2.18. The zero-order valence-electron chi connectivity index (χ0n) is 15.6. The number of rotatable bonds is 7. The summed E-state index contributed by atoms with van der Waals surface area (Å²) in [5.74, 6) is 0.174. The minimum Gasteiger partial charge on any atom is -0.493 e. The van der Waals surface area contributed by atoms with Gasteiger partial charge in [0.1, 0.15) is 0 Å². The molecule has 0 saturated carbocycles. The van der Waals surface area contributed by atoms with Crippen molar-refractivity contribution in [1.82, 2.24) is 5.32 Å². The van der Waals surface area contributed by atoms with Gasteiger partial charge >= 0.3 is 0 Å². The third-order valence-electron chi connectivity index (χ3n) is 4.05. The number of hydrogen-bond acceptors (Lipinski definition) is 5. The quantitative estimate of drug-likeness (QED) is 0.609. The minimum absolute atomic E-state index is 0.352. The number of Topliss-reactive ketones (excluding diaryl/α,β-unsaturated/α-hetero) is 1. The van der Waals surface area contributed by atoms with Gasteiger partial charge < -0.3 is 19.5 Å². The Morgan fingerprint density at radius 2 is 1.46 bits per heavy atom. The van der Waals surface area contributed by atoms with Crippen molar-refractivity contribution in [3.8, 4) is 17.2 Å². The summed E-state index contributed by atoms with van der Waals surface area (Å²) < 4.78 is 15.9. The third-order valence-corrected chi connectivity index (χ3v) is 4.05. The Morgan fingerprint density at radius 3 is 1.92 bits per heavy atom. The molecule has 2 aromatic rings. The van der Waals surface area contributed by atoms with Crippen molar-refractivity contribution in [3.63, 3.8) is 0 Å². The van der Waals surface area contributed by atoms with Crippen molar-refractivity contribution in [2.45, 2.75) is 19.9 Å². The van der Waals surface area contributed by atoms with Gasteiger partial charge in [-0.15, -0.1) is 0 Å². The lowest BCUT2D eigenvalue weighted by molar-refractivity contribution is -0.117. The Hall–Kier alpha value is -3.02. The van der Waals surface area contributed by atoms with Crippen LogP contribution in [-0.2, 0) is 4.79 Å². The Morgan fingerprint density at radius 1 is 0.923 bits per heavy atom. The number of aryl methyl sites for hydroxylation is 1. The molecular formula is C20H23NO5. The predicted molar refractivity (Wildman–Crippen MR) is 98.2 cm³/mol. The van der Waals surface area contributed by atoms with E-state index in [2.05, 4.69) is 5.32 Å². The third kappa shape index (κ3) is 4.14. The largest absolute Gasteiger partial charge is 0.493 e. The van der Waals surface area contributed by atoms with Crippen molar-refractivity contribution in [1.29, 1.82) is 0 Å². The molecule has 0 radical (unpaired) electrons. The summed E-state index contributed by atoms with van der Waals surface area (Å²) in [6, 6.07) is 9.92. The van der Waals surface area contributed by atoms with Crippen LogP contribution in [0.1, 0.15) is 34.5 Å². The molecule has 1 amide bonds. The van der Waals surface area contributed by atoms with E-state index in [-0.39, 0.29) is 0 Å². The lowest BCUT2D eigenvalue weighted by Crippen LogP contribution is -2.33. The van der Waals surface area contributed by atoms with Crippen molar-refractivity contribution in [2.75, 3.05) is 21.3 Å². The predicted octanol–water partition coefficient (Wildman–Crippen LogP) is 3.08. The highest BCUT2D eigenvalue weighted by Gasteiger charge is 2.21. The van der Waals surface area contributed by atoms with E-state index in [4.69, 9.17) is 14.2 Å². The summed E-state index contributed by atoms with van der Waals surface area (Å²) in [6.45, 7) is 3.70. The highest BCUT2D eigenvalue weighted by molar-refractivity contribution is 6.42. The first-order valence-corrected chi connectivity index (χ1v) is 8.13. The van der Waals surface area contributed by atoms with Crippen LogP contribution in [0.4, 0.5) is 0 Å². The van der Waals surface area contributed by atoms with Gasteiger partial charge in [0.25, 0.3) is 5.91 Å². The highest BCUT2D eigenvalue weighted by atomic mass is 16.5. The maximum absolute atomic E-state index is 12.3. The molecule has 6 nitrogen and oxygen atoms in total. The van der Waals surface area contributed by atoms with Gasteiger partial charge in [-0.25, -0.2) is 0 Å². The second-order valence-electron chi connectivity index (χ2n) is 5.85. The van der Waals surface area contributed by atoms with Gasteiger partial charge in [-0.1, -0.05) is 29.8 Å². The second-order valence-corrected chi connectivity index (χ2v) is 5.85. The Bertz CT molecular complexity index is 773. The first-order valence-electron chi connectivity index (χ1n) is 8.13. The zero-order chi connectivity index (χ0) is 19.3. The molecule has 0 saturated heterocycles. The lowest BCUT2D eigenvalue weighted by atomic mass is 10.0. The molecule has 0 aliphatic heterocycles. The fraction of sp³-hybridized carbons (Fsp3) is 0.300. The monoisotopic (exact) mass is 357 g/mol. The standard InChI is InChI=1S/C20H23NO5/c1-12-6-8-14(9-7-12)18(22)20(23)21-13(2)15-10-16(24-3)19(26-5)17(11-15)25-4/h6-11,13H,1-5H3,(H,21,23). The molecule has 2 rings (SSSR count). The van der Waals surface area contributed by atoms with Crippen molar-refractivity contribution in [3.05, 3.63) is 53.1 Å². The maximum atomic E-state index is 12.3. The second kappa shape index (κ2) is 8.38. The molecule has 1 unspecified atom stereocenters. The number of carbonyl (C=O) groups excluding carboxylic acids is 2. The molecule has 26 heavy (non-hydrogen) atoms. The minimum atomic E-state index is -0.671. The van der Waals surface area contributed by atoms with Crippen molar-refractivity contribution >= 4 is 11.7 Å². The molecule has 138 valence electrons. The number of nitrogens with one attached hydrogen (secondary N) is 1. The van der Waals surface area contributed by atoms with Gasteiger partial charge in [0.2, 0.25) is 11.5 Å². The molecule has 0 fully saturated rings. The van der Waals surface area contributed by atoms with Crippen LogP contribution >= 0.6 is 0 Å². The van der Waals surface area contributed by atoms with E-state index >= 15 is 0 Å². The van der Waals surface area contributed by atoms with E-state index in [1.807, 2.05) is 6.92 Å². The smallest absolute Gasteiger partial charge is 0.292 e. The first-order chi connectivity index (χ1) is 12.4. The molecule has 6 heteroatoms. The fourth-order valence-electron chi connectivity index (χ4n) is 2.53. The van der Waals surface area contributed by atoms with Crippen molar-refractivity contribution in [2.24, 2.45) is 0 Å². The number of carbonyl (C=O) groups is 2. The Kier molecular flexibility index (Phi) is 6.22. The molecule has 0 heterocycles. The van der Waals surface area contributed by atoms with Crippen LogP contribution in [0.2, 0.25) is 0 Å². The fourth-order valence-corrected chi connectivity index (χ4v) is 2.53. The van der Waals surface area contributed by atoms with Crippen LogP contribution in [0.3, 0.4) is 0 Å². The van der Waals surface area contributed by atoms with Gasteiger partial charge in [-0.2, -0.15) is 0 Å². The molecule has 0 aliphatic rings. The van der Waals surface area contributed by atoms with Crippen LogP contribution in [0, 0.1) is 6.92 Å². The number of ketones is 1.